The second kappa shape index (κ2) is 4.98. The van der Waals surface area contributed by atoms with Gasteiger partial charge in [0.25, 0.3) is 0 Å². The molecule has 0 unspecified atom stereocenters. The van der Waals surface area contributed by atoms with E-state index in [1.807, 2.05) is 19.9 Å². The normalized spacial score (nSPS) is 13.5. The Hall–Kier alpha value is -0.850. The zero-order valence-electron chi connectivity index (χ0n) is 7.02. The Morgan fingerprint density at radius 1 is 1.60 bits per heavy atom. The van der Waals surface area contributed by atoms with E-state index >= 15 is 0 Å². The molecule has 0 aliphatic heterocycles. The molecule has 0 aromatic rings. The van der Waals surface area contributed by atoms with Gasteiger partial charge in [0, 0.05) is 11.4 Å². The van der Waals surface area contributed by atoms with E-state index in [0.717, 1.165) is 17.8 Å². The van der Waals surface area contributed by atoms with Crippen LogP contribution in [0.15, 0.2) is 29.4 Å². The van der Waals surface area contributed by atoms with Crippen molar-refractivity contribution in [3.05, 3.63) is 24.4 Å². The van der Waals surface area contributed by atoms with Crippen LogP contribution in [0.5, 0.6) is 0 Å². The molecule has 0 N–H and O–H groups in total. The fraction of sp³-hybridized carbons (Fsp3) is 0.444. The molecule has 0 aromatic heterocycles. The lowest BCUT2D eigenvalue weighted by atomic mass is 10.3. The average molecular weight is 137 g/mol. The number of hydrogen-bond donors (Lipinski definition) is 0. The Morgan fingerprint density at radius 3 is 2.50 bits per heavy atom. The highest BCUT2D eigenvalue weighted by molar-refractivity contribution is 5.94. The summed E-state index contributed by atoms with van der Waals surface area (Å²) in [4.78, 5) is 4.29. The van der Waals surface area contributed by atoms with Gasteiger partial charge >= 0.3 is 0 Å². The maximum Gasteiger partial charge on any atom is 0.0398 e. The van der Waals surface area contributed by atoms with E-state index in [4.69, 9.17) is 0 Å². The summed E-state index contributed by atoms with van der Waals surface area (Å²) < 4.78 is 0. The first-order valence-corrected chi connectivity index (χ1v) is 3.57. The summed E-state index contributed by atoms with van der Waals surface area (Å²) in [5.74, 6) is 0. The van der Waals surface area contributed by atoms with Crippen molar-refractivity contribution in [3.63, 3.8) is 0 Å². The van der Waals surface area contributed by atoms with Crippen molar-refractivity contribution < 1.29 is 0 Å². The van der Waals surface area contributed by atoms with Gasteiger partial charge in [-0.25, -0.2) is 0 Å². The van der Waals surface area contributed by atoms with Crippen LogP contribution in [0.3, 0.4) is 0 Å². The van der Waals surface area contributed by atoms with Gasteiger partial charge in [0.1, 0.15) is 0 Å². The predicted molar refractivity (Wildman–Crippen MR) is 47.4 cm³/mol. The van der Waals surface area contributed by atoms with Crippen LogP contribution in [0.1, 0.15) is 27.2 Å². The van der Waals surface area contributed by atoms with E-state index in [-0.39, 0.29) is 0 Å². The molecule has 0 rings (SSSR count). The largest absolute Gasteiger partial charge is 0.259 e. The molecular weight excluding hydrogens is 122 g/mol. The Balaban J connectivity index is 4.24. The van der Waals surface area contributed by atoms with E-state index < -0.39 is 0 Å². The summed E-state index contributed by atoms with van der Waals surface area (Å²) in [7, 11) is 0. The van der Waals surface area contributed by atoms with Crippen molar-refractivity contribution in [2.75, 3.05) is 0 Å². The molecule has 0 atom stereocenters. The molecule has 0 amide bonds. The first kappa shape index (κ1) is 9.15. The molecule has 0 aliphatic carbocycles. The Bertz CT molecular complexity index is 164. The van der Waals surface area contributed by atoms with Crippen LogP contribution in [0.2, 0.25) is 0 Å². The fourth-order valence-electron chi connectivity index (χ4n) is 0.560. The third-order valence-corrected chi connectivity index (χ3v) is 1.34. The molecule has 10 heavy (non-hydrogen) atoms. The van der Waals surface area contributed by atoms with Crippen LogP contribution in [-0.2, 0) is 0 Å². The second-order valence-corrected chi connectivity index (χ2v) is 2.09. The number of hydrogen-bond acceptors (Lipinski definition) is 1. The van der Waals surface area contributed by atoms with Gasteiger partial charge in [0.15, 0.2) is 0 Å². The van der Waals surface area contributed by atoms with E-state index in [1.165, 1.54) is 0 Å². The van der Waals surface area contributed by atoms with Crippen molar-refractivity contribution >= 4 is 5.71 Å². The Labute approximate surface area is 63.2 Å². The van der Waals surface area contributed by atoms with Crippen molar-refractivity contribution in [1.82, 2.24) is 0 Å². The molecule has 0 saturated carbocycles. The lowest BCUT2D eigenvalue weighted by Crippen LogP contribution is -1.88. The van der Waals surface area contributed by atoms with Gasteiger partial charge in [-0.1, -0.05) is 19.6 Å². The van der Waals surface area contributed by atoms with Gasteiger partial charge in [-0.3, -0.25) is 4.99 Å². The molecule has 0 heterocycles. The average Bonchev–Trinajstić information content (AvgIpc) is 1.99. The van der Waals surface area contributed by atoms with Gasteiger partial charge in [0.05, 0.1) is 0 Å². The quantitative estimate of drug-likeness (QED) is 0.530. The van der Waals surface area contributed by atoms with Crippen molar-refractivity contribution in [3.8, 4) is 0 Å². The van der Waals surface area contributed by atoms with Gasteiger partial charge in [-0.15, -0.1) is 0 Å². The fourth-order valence-corrected chi connectivity index (χ4v) is 0.560. The van der Waals surface area contributed by atoms with Crippen LogP contribution < -0.4 is 0 Å². The monoisotopic (exact) mass is 137 g/mol. The second-order valence-electron chi connectivity index (χ2n) is 2.09. The van der Waals surface area contributed by atoms with Crippen LogP contribution in [0.4, 0.5) is 0 Å². The first-order chi connectivity index (χ1) is 4.74. The molecule has 0 bridgehead atoms. The van der Waals surface area contributed by atoms with Crippen molar-refractivity contribution in [1.29, 1.82) is 0 Å². The van der Waals surface area contributed by atoms with Crippen LogP contribution >= 0.6 is 0 Å². The zero-order chi connectivity index (χ0) is 7.98. The summed E-state index contributed by atoms with van der Waals surface area (Å²) in [5, 5.41) is 0. The number of aliphatic imine (C=N–C) groups is 1. The van der Waals surface area contributed by atoms with Crippen LogP contribution in [0, 0.1) is 0 Å². The molecule has 0 aromatic carbocycles. The number of nitrogens with zero attached hydrogens (tertiary/aromatic N) is 1. The summed E-state index contributed by atoms with van der Waals surface area (Å²) in [5.41, 5.74) is 2.10. The van der Waals surface area contributed by atoms with E-state index in [1.54, 1.807) is 6.08 Å². The minimum Gasteiger partial charge on any atom is -0.259 e. The maximum absolute atomic E-state index is 4.29. The topological polar surface area (TPSA) is 12.4 Å². The van der Waals surface area contributed by atoms with E-state index in [2.05, 4.69) is 18.5 Å². The summed E-state index contributed by atoms with van der Waals surface area (Å²) in [6.45, 7) is 9.70. The highest BCUT2D eigenvalue weighted by Gasteiger charge is 1.86. The summed E-state index contributed by atoms with van der Waals surface area (Å²) in [6.07, 6.45) is 4.74. The molecular formula is C9H15N. The first-order valence-electron chi connectivity index (χ1n) is 3.57. The van der Waals surface area contributed by atoms with Crippen molar-refractivity contribution in [2.45, 2.75) is 27.2 Å². The van der Waals surface area contributed by atoms with E-state index in [9.17, 15) is 0 Å². The minimum atomic E-state index is 0.953. The smallest absolute Gasteiger partial charge is 0.0398 e. The maximum atomic E-state index is 4.29. The molecule has 1 heteroatoms. The molecule has 0 spiro atoms. The predicted octanol–water partition coefficient (Wildman–Crippen LogP) is 2.95. The van der Waals surface area contributed by atoms with E-state index in [0.29, 0.717) is 0 Å². The highest BCUT2D eigenvalue weighted by Crippen LogP contribution is 1.97. The molecule has 0 saturated heterocycles. The van der Waals surface area contributed by atoms with Gasteiger partial charge in [-0.2, -0.15) is 0 Å². The van der Waals surface area contributed by atoms with Gasteiger partial charge < -0.3 is 0 Å². The van der Waals surface area contributed by atoms with Crippen LogP contribution in [-0.4, -0.2) is 5.71 Å². The number of allylic oxidation sites excluding steroid dienone is 3. The molecule has 0 fully saturated rings. The summed E-state index contributed by atoms with van der Waals surface area (Å²) in [6, 6.07) is 0. The standard InChI is InChI=1S/C9H15N/c1-5-8(4)10-9(6-2)7-3/h5-6H,2,7H2,1,3-4H3/b8-5-,10-9+. The molecule has 56 valence electrons. The third-order valence-electron chi connectivity index (χ3n) is 1.34. The van der Waals surface area contributed by atoms with Gasteiger partial charge in [0.2, 0.25) is 0 Å². The summed E-state index contributed by atoms with van der Waals surface area (Å²) >= 11 is 0. The molecule has 1 nitrogen and oxygen atoms in total. The molecule has 0 aliphatic rings. The minimum absolute atomic E-state index is 0.953. The highest BCUT2D eigenvalue weighted by atomic mass is 14.7. The molecule has 0 radical (unpaired) electrons. The lowest BCUT2D eigenvalue weighted by Gasteiger charge is -1.94. The van der Waals surface area contributed by atoms with Crippen molar-refractivity contribution in [2.24, 2.45) is 4.99 Å². The van der Waals surface area contributed by atoms with Gasteiger partial charge in [-0.05, 0) is 26.3 Å². The third kappa shape index (κ3) is 3.23. The van der Waals surface area contributed by atoms with Crippen LogP contribution in [0.25, 0.3) is 0 Å². The Kier molecular flexibility index (Phi) is 4.55. The SMILES string of the molecule is C=C/C(CC)=N\C(C)=C/C. The Morgan fingerprint density at radius 2 is 2.20 bits per heavy atom. The number of rotatable bonds is 3. The lowest BCUT2D eigenvalue weighted by molar-refractivity contribution is 1.22. The zero-order valence-corrected chi connectivity index (χ0v) is 7.02.